The van der Waals surface area contributed by atoms with Gasteiger partial charge in [-0.05, 0) is 48.7 Å². The number of nitrogens with one attached hydrogen (secondary N) is 1. The van der Waals surface area contributed by atoms with Gasteiger partial charge in [-0.1, -0.05) is 36.0 Å². The van der Waals surface area contributed by atoms with E-state index in [4.69, 9.17) is 5.73 Å². The third kappa shape index (κ3) is 3.65. The summed E-state index contributed by atoms with van der Waals surface area (Å²) in [5.41, 5.74) is 10.7. The molecular formula is C18H18N4OS. The summed E-state index contributed by atoms with van der Waals surface area (Å²) in [4.78, 5) is 15.1. The predicted octanol–water partition coefficient (Wildman–Crippen LogP) is 3.32. The van der Waals surface area contributed by atoms with E-state index in [1.54, 1.807) is 0 Å². The molecule has 2 aromatic carbocycles. The van der Waals surface area contributed by atoms with E-state index in [-0.39, 0.29) is 5.56 Å². The van der Waals surface area contributed by atoms with Crippen LogP contribution < -0.4 is 11.3 Å². The summed E-state index contributed by atoms with van der Waals surface area (Å²) in [6.07, 6.45) is 0. The molecule has 0 bridgehead atoms. The molecule has 0 atom stereocenters. The number of H-pyrrole nitrogens is 1. The summed E-state index contributed by atoms with van der Waals surface area (Å²) < 4.78 is 0. The molecule has 6 heteroatoms. The van der Waals surface area contributed by atoms with Crippen molar-refractivity contribution >= 4 is 17.4 Å². The van der Waals surface area contributed by atoms with Crippen LogP contribution in [0.25, 0.3) is 11.3 Å². The average molecular weight is 338 g/mol. The fraction of sp³-hybridized carbons (Fsp3) is 0.167. The first-order chi connectivity index (χ1) is 11.5. The van der Waals surface area contributed by atoms with Crippen molar-refractivity contribution in [3.05, 3.63) is 69.5 Å². The average Bonchev–Trinajstić information content (AvgIpc) is 2.57. The zero-order valence-corrected chi connectivity index (χ0v) is 14.4. The maximum Gasteiger partial charge on any atom is 0.278 e. The molecule has 0 fully saturated rings. The minimum absolute atomic E-state index is 0.229. The molecule has 0 aliphatic carbocycles. The summed E-state index contributed by atoms with van der Waals surface area (Å²) in [6.45, 7) is 4.04. The molecule has 5 nitrogen and oxygen atoms in total. The monoisotopic (exact) mass is 338 g/mol. The highest BCUT2D eigenvalue weighted by Gasteiger charge is 2.09. The van der Waals surface area contributed by atoms with Gasteiger partial charge in [-0.25, -0.2) is 0 Å². The Kier molecular flexibility index (Phi) is 4.66. The Morgan fingerprint density at radius 3 is 2.46 bits per heavy atom. The second kappa shape index (κ2) is 6.88. The molecule has 0 amide bonds. The quantitative estimate of drug-likeness (QED) is 0.563. The molecule has 1 heterocycles. The van der Waals surface area contributed by atoms with Gasteiger partial charge >= 0.3 is 0 Å². The van der Waals surface area contributed by atoms with E-state index in [1.165, 1.54) is 17.3 Å². The Morgan fingerprint density at radius 2 is 1.79 bits per heavy atom. The number of thioether (sulfide) groups is 1. The molecule has 24 heavy (non-hydrogen) atoms. The van der Waals surface area contributed by atoms with Crippen LogP contribution in [0.3, 0.4) is 0 Å². The van der Waals surface area contributed by atoms with E-state index in [1.807, 2.05) is 56.3 Å². The molecule has 0 unspecified atom stereocenters. The highest BCUT2D eigenvalue weighted by molar-refractivity contribution is 7.98. The van der Waals surface area contributed by atoms with Crippen molar-refractivity contribution in [2.75, 3.05) is 5.73 Å². The molecule has 122 valence electrons. The number of benzene rings is 2. The van der Waals surface area contributed by atoms with Crippen LogP contribution in [0.4, 0.5) is 5.69 Å². The molecule has 0 radical (unpaired) electrons. The first-order valence-electron chi connectivity index (χ1n) is 7.55. The van der Waals surface area contributed by atoms with Crippen LogP contribution in [-0.2, 0) is 5.75 Å². The Bertz CT molecular complexity index is 919. The lowest BCUT2D eigenvalue weighted by Crippen LogP contribution is -2.14. The van der Waals surface area contributed by atoms with Crippen molar-refractivity contribution in [3.8, 4) is 11.3 Å². The number of aryl methyl sites for hydroxylation is 2. The first kappa shape index (κ1) is 16.3. The van der Waals surface area contributed by atoms with E-state index < -0.39 is 0 Å². The van der Waals surface area contributed by atoms with Gasteiger partial charge in [0.25, 0.3) is 5.56 Å². The zero-order valence-electron chi connectivity index (χ0n) is 13.5. The van der Waals surface area contributed by atoms with Crippen molar-refractivity contribution in [2.45, 2.75) is 24.8 Å². The minimum Gasteiger partial charge on any atom is -0.399 e. The van der Waals surface area contributed by atoms with Crippen molar-refractivity contribution < 1.29 is 0 Å². The lowest BCUT2D eigenvalue weighted by Gasteiger charge is -2.05. The zero-order chi connectivity index (χ0) is 17.1. The lowest BCUT2D eigenvalue weighted by molar-refractivity contribution is 0.824. The summed E-state index contributed by atoms with van der Waals surface area (Å²) >= 11 is 1.43. The third-order valence-electron chi connectivity index (χ3n) is 3.81. The van der Waals surface area contributed by atoms with Crippen LogP contribution in [0.15, 0.2) is 52.4 Å². The fourth-order valence-electron chi connectivity index (χ4n) is 2.23. The number of aromatic amines is 1. The summed E-state index contributed by atoms with van der Waals surface area (Å²) in [5.74, 6) is 0.688. The Labute approximate surface area is 144 Å². The van der Waals surface area contributed by atoms with E-state index in [0.29, 0.717) is 16.6 Å². The van der Waals surface area contributed by atoms with Gasteiger partial charge in [-0.3, -0.25) is 9.78 Å². The molecular weight excluding hydrogens is 320 g/mol. The molecule has 0 saturated heterocycles. The van der Waals surface area contributed by atoms with Crippen molar-refractivity contribution in [1.29, 1.82) is 0 Å². The van der Waals surface area contributed by atoms with Gasteiger partial charge in [0.2, 0.25) is 0 Å². The van der Waals surface area contributed by atoms with Crippen LogP contribution in [0.2, 0.25) is 0 Å². The van der Waals surface area contributed by atoms with Crippen molar-refractivity contribution in [2.24, 2.45) is 0 Å². The Morgan fingerprint density at radius 1 is 1.04 bits per heavy atom. The molecule has 3 rings (SSSR count). The van der Waals surface area contributed by atoms with Gasteiger partial charge in [-0.15, -0.1) is 10.2 Å². The largest absolute Gasteiger partial charge is 0.399 e. The SMILES string of the molecule is Cc1ccc(-c2nnc(SCc3ccc(N)cc3)[nH]c2=O)cc1C. The van der Waals surface area contributed by atoms with Gasteiger partial charge < -0.3 is 5.73 Å². The normalized spacial score (nSPS) is 10.8. The maximum absolute atomic E-state index is 12.3. The van der Waals surface area contributed by atoms with E-state index in [2.05, 4.69) is 15.2 Å². The molecule has 0 aliphatic rings. The van der Waals surface area contributed by atoms with Crippen molar-refractivity contribution in [1.82, 2.24) is 15.2 Å². The molecule has 3 aromatic rings. The maximum atomic E-state index is 12.3. The van der Waals surface area contributed by atoms with Gasteiger partial charge in [0, 0.05) is 17.0 Å². The molecule has 3 N–H and O–H groups in total. The number of hydrogen-bond acceptors (Lipinski definition) is 5. The second-order valence-electron chi connectivity index (χ2n) is 5.64. The number of nitrogen functional groups attached to an aromatic ring is 1. The molecule has 0 aliphatic heterocycles. The third-order valence-corrected chi connectivity index (χ3v) is 4.75. The van der Waals surface area contributed by atoms with Crippen LogP contribution >= 0.6 is 11.8 Å². The van der Waals surface area contributed by atoms with Crippen LogP contribution in [0.5, 0.6) is 0 Å². The second-order valence-corrected chi connectivity index (χ2v) is 6.60. The van der Waals surface area contributed by atoms with Gasteiger partial charge in [0.1, 0.15) is 0 Å². The number of anilines is 1. The van der Waals surface area contributed by atoms with Crippen LogP contribution in [0, 0.1) is 13.8 Å². The summed E-state index contributed by atoms with van der Waals surface area (Å²) in [5, 5.41) is 8.75. The standard InChI is InChI=1S/C18H18N4OS/c1-11-3-6-14(9-12(11)2)16-17(23)20-18(22-21-16)24-10-13-4-7-15(19)8-5-13/h3-9H,10,19H2,1-2H3,(H,20,22,23). The predicted molar refractivity (Wildman–Crippen MR) is 98.0 cm³/mol. The number of aromatic nitrogens is 3. The van der Waals surface area contributed by atoms with Gasteiger partial charge in [0.05, 0.1) is 0 Å². The smallest absolute Gasteiger partial charge is 0.278 e. The van der Waals surface area contributed by atoms with E-state index in [0.717, 1.165) is 22.4 Å². The van der Waals surface area contributed by atoms with Crippen LogP contribution in [-0.4, -0.2) is 15.2 Å². The number of nitrogens with two attached hydrogens (primary N) is 1. The number of nitrogens with zero attached hydrogens (tertiary/aromatic N) is 2. The van der Waals surface area contributed by atoms with Crippen LogP contribution in [0.1, 0.15) is 16.7 Å². The lowest BCUT2D eigenvalue weighted by atomic mass is 10.0. The van der Waals surface area contributed by atoms with E-state index in [9.17, 15) is 4.79 Å². The summed E-state index contributed by atoms with van der Waals surface area (Å²) in [7, 11) is 0. The molecule has 0 spiro atoms. The van der Waals surface area contributed by atoms with E-state index >= 15 is 0 Å². The minimum atomic E-state index is -0.229. The highest BCUT2D eigenvalue weighted by atomic mass is 32.2. The summed E-state index contributed by atoms with van der Waals surface area (Å²) in [6, 6.07) is 13.4. The van der Waals surface area contributed by atoms with Gasteiger partial charge in [0.15, 0.2) is 10.9 Å². The number of rotatable bonds is 4. The fourth-order valence-corrected chi connectivity index (χ4v) is 2.99. The number of hydrogen-bond donors (Lipinski definition) is 2. The van der Waals surface area contributed by atoms with Gasteiger partial charge in [-0.2, -0.15) is 0 Å². The Balaban J connectivity index is 1.78. The Hall–Kier alpha value is -2.60. The first-order valence-corrected chi connectivity index (χ1v) is 8.53. The molecule has 1 aromatic heterocycles. The topological polar surface area (TPSA) is 84.7 Å². The van der Waals surface area contributed by atoms with Crippen molar-refractivity contribution in [3.63, 3.8) is 0 Å². The molecule has 0 saturated carbocycles. The highest BCUT2D eigenvalue weighted by Crippen LogP contribution is 2.20.